The molecule has 0 radical (unpaired) electrons. The molecule has 0 aliphatic rings. The van der Waals surface area contributed by atoms with Gasteiger partial charge in [0.2, 0.25) is 11.8 Å². The zero-order chi connectivity index (χ0) is 27.4. The van der Waals surface area contributed by atoms with Gasteiger partial charge in [0, 0.05) is 19.2 Å². The largest absolute Gasteiger partial charge is 0.361 e. The van der Waals surface area contributed by atoms with E-state index < -0.39 is 29.8 Å². The fourth-order valence-electron chi connectivity index (χ4n) is 3.23. The zero-order valence-electron chi connectivity index (χ0n) is 21.2. The van der Waals surface area contributed by atoms with Crippen LogP contribution >= 0.6 is 0 Å². The average Bonchev–Trinajstić information content (AvgIpc) is 3.32. The number of benzene rings is 1. The van der Waals surface area contributed by atoms with Gasteiger partial charge in [-0.3, -0.25) is 19.2 Å². The van der Waals surface area contributed by atoms with Gasteiger partial charge in [-0.2, -0.15) is 5.26 Å². The first-order valence-corrected chi connectivity index (χ1v) is 11.9. The summed E-state index contributed by atoms with van der Waals surface area (Å²) in [5, 5.41) is 23.0. The van der Waals surface area contributed by atoms with Gasteiger partial charge in [-0.05, 0) is 45.6 Å². The summed E-state index contributed by atoms with van der Waals surface area (Å²) in [7, 11) is 0. The van der Waals surface area contributed by atoms with Crippen LogP contribution in [0.3, 0.4) is 0 Å². The summed E-state index contributed by atoms with van der Waals surface area (Å²) in [6.45, 7) is 9.04. The molecule has 2 atom stereocenters. The van der Waals surface area contributed by atoms with Crippen LogP contribution in [0.2, 0.25) is 0 Å². The summed E-state index contributed by atoms with van der Waals surface area (Å²) in [5.41, 5.74) is 1.87. The van der Waals surface area contributed by atoms with E-state index in [9.17, 15) is 19.2 Å². The van der Waals surface area contributed by atoms with Gasteiger partial charge in [0.05, 0.1) is 0 Å². The minimum atomic E-state index is -0.937. The van der Waals surface area contributed by atoms with Crippen LogP contribution in [0.15, 0.2) is 47.0 Å². The highest BCUT2D eigenvalue weighted by Gasteiger charge is 2.25. The lowest BCUT2D eigenvalue weighted by Gasteiger charge is -2.21. The normalized spacial score (nSPS) is 11.9. The average molecular weight is 509 g/mol. The number of nitriles is 1. The van der Waals surface area contributed by atoms with E-state index in [2.05, 4.69) is 33.0 Å². The molecule has 2 rings (SSSR count). The molecular weight excluding hydrogens is 476 g/mol. The van der Waals surface area contributed by atoms with Crippen LogP contribution in [0.25, 0.3) is 0 Å². The second-order valence-electron chi connectivity index (χ2n) is 8.62. The van der Waals surface area contributed by atoms with Crippen LogP contribution in [0.1, 0.15) is 53.6 Å². The maximum atomic E-state index is 12.9. The molecule has 37 heavy (non-hydrogen) atoms. The molecule has 0 unspecified atom stereocenters. The number of hydrogen-bond acceptors (Lipinski definition) is 7. The van der Waals surface area contributed by atoms with Crippen molar-refractivity contribution < 1.29 is 23.7 Å². The standard InChI is InChI=1S/C26H32N6O5/c1-16-8-10-20(11-9-16)15-29-25(35)21(7-5-6-12-28-23(33)17(2)14-27)31-24(34)19(4)30-26(36)22-13-18(3)37-32-22/h8-11,13,19,21H,2,5-7,12,15H2,1,3-4H3,(H,28,33)(H,29,35)(H,30,36)(H,31,34)/t19-,21+/m1/s1. The third-order valence-electron chi connectivity index (χ3n) is 5.44. The quantitative estimate of drug-likeness (QED) is 0.181. The van der Waals surface area contributed by atoms with Crippen molar-refractivity contribution in [1.82, 2.24) is 26.4 Å². The van der Waals surface area contributed by atoms with Crippen molar-refractivity contribution in [3.05, 3.63) is 65.1 Å². The molecule has 11 nitrogen and oxygen atoms in total. The monoisotopic (exact) mass is 508 g/mol. The van der Waals surface area contributed by atoms with Gasteiger partial charge in [-0.25, -0.2) is 0 Å². The molecule has 1 heterocycles. The maximum Gasteiger partial charge on any atom is 0.274 e. The Labute approximate surface area is 215 Å². The Bertz CT molecular complexity index is 1160. The predicted octanol–water partition coefficient (Wildman–Crippen LogP) is 1.58. The highest BCUT2D eigenvalue weighted by atomic mass is 16.5. The van der Waals surface area contributed by atoms with Gasteiger partial charge >= 0.3 is 0 Å². The Morgan fingerprint density at radius 2 is 1.76 bits per heavy atom. The minimum Gasteiger partial charge on any atom is -0.361 e. The number of hydrogen-bond donors (Lipinski definition) is 4. The molecule has 1 aromatic heterocycles. The van der Waals surface area contributed by atoms with Crippen molar-refractivity contribution in [2.45, 2.75) is 58.7 Å². The van der Waals surface area contributed by atoms with Crippen molar-refractivity contribution in [3.8, 4) is 6.07 Å². The number of nitrogens with one attached hydrogen (secondary N) is 4. The first-order valence-electron chi connectivity index (χ1n) is 11.9. The number of unbranched alkanes of at least 4 members (excludes halogenated alkanes) is 1. The second kappa shape index (κ2) is 14.2. The van der Waals surface area contributed by atoms with Crippen LogP contribution in [0, 0.1) is 25.2 Å². The molecular formula is C26H32N6O5. The van der Waals surface area contributed by atoms with E-state index in [1.807, 2.05) is 31.2 Å². The van der Waals surface area contributed by atoms with Gasteiger partial charge in [-0.15, -0.1) is 0 Å². The Morgan fingerprint density at radius 1 is 1.05 bits per heavy atom. The van der Waals surface area contributed by atoms with E-state index in [0.717, 1.165) is 11.1 Å². The van der Waals surface area contributed by atoms with Crippen molar-refractivity contribution >= 4 is 23.6 Å². The van der Waals surface area contributed by atoms with Gasteiger partial charge in [-0.1, -0.05) is 41.6 Å². The summed E-state index contributed by atoms with van der Waals surface area (Å²) < 4.78 is 4.88. The number of aryl methyl sites for hydroxylation is 2. The maximum absolute atomic E-state index is 12.9. The zero-order valence-corrected chi connectivity index (χ0v) is 21.2. The Hall–Kier alpha value is -4.46. The summed E-state index contributed by atoms with van der Waals surface area (Å²) >= 11 is 0. The lowest BCUT2D eigenvalue weighted by Crippen LogP contribution is -2.52. The van der Waals surface area contributed by atoms with E-state index in [0.29, 0.717) is 25.0 Å². The molecule has 0 aliphatic heterocycles. The first-order chi connectivity index (χ1) is 17.6. The summed E-state index contributed by atoms with van der Waals surface area (Å²) in [5.74, 6) is -1.57. The third kappa shape index (κ3) is 9.60. The van der Waals surface area contributed by atoms with E-state index in [1.54, 1.807) is 13.0 Å². The lowest BCUT2D eigenvalue weighted by molar-refractivity contribution is -0.130. The number of aromatic nitrogens is 1. The van der Waals surface area contributed by atoms with Crippen LogP contribution in [0.4, 0.5) is 0 Å². The number of rotatable bonds is 13. The fourth-order valence-corrected chi connectivity index (χ4v) is 3.23. The molecule has 11 heteroatoms. The molecule has 4 amide bonds. The molecule has 196 valence electrons. The highest BCUT2D eigenvalue weighted by molar-refractivity contribution is 5.97. The minimum absolute atomic E-state index is 0.0469. The van der Waals surface area contributed by atoms with Gasteiger partial charge in [0.15, 0.2) is 5.69 Å². The van der Waals surface area contributed by atoms with Gasteiger partial charge < -0.3 is 25.8 Å². The Balaban J connectivity index is 1.95. The summed E-state index contributed by atoms with van der Waals surface area (Å²) in [6.07, 6.45) is 1.31. The molecule has 0 bridgehead atoms. The van der Waals surface area contributed by atoms with Crippen molar-refractivity contribution in [3.63, 3.8) is 0 Å². The molecule has 0 aliphatic carbocycles. The fraction of sp³-hybridized carbons (Fsp3) is 0.385. The molecule has 0 spiro atoms. The van der Waals surface area contributed by atoms with Crippen molar-refractivity contribution in [2.75, 3.05) is 6.54 Å². The van der Waals surface area contributed by atoms with Crippen LogP contribution < -0.4 is 21.3 Å². The van der Waals surface area contributed by atoms with Gasteiger partial charge in [0.1, 0.15) is 29.5 Å². The smallest absolute Gasteiger partial charge is 0.274 e. The number of nitrogens with zero attached hydrogens (tertiary/aromatic N) is 2. The number of carbonyl (C=O) groups excluding carboxylic acids is 4. The first kappa shape index (κ1) is 28.8. The second-order valence-corrected chi connectivity index (χ2v) is 8.62. The molecule has 0 saturated heterocycles. The summed E-state index contributed by atoms with van der Waals surface area (Å²) in [4.78, 5) is 49.6. The topological polar surface area (TPSA) is 166 Å². The highest BCUT2D eigenvalue weighted by Crippen LogP contribution is 2.06. The van der Waals surface area contributed by atoms with E-state index in [4.69, 9.17) is 9.78 Å². The number of carbonyl (C=O) groups is 4. The number of amides is 4. The third-order valence-corrected chi connectivity index (χ3v) is 5.44. The molecule has 1 aromatic carbocycles. The van der Waals surface area contributed by atoms with E-state index >= 15 is 0 Å². The van der Waals surface area contributed by atoms with Crippen LogP contribution in [-0.4, -0.2) is 47.4 Å². The molecule has 0 saturated carbocycles. The van der Waals surface area contributed by atoms with Crippen molar-refractivity contribution in [1.29, 1.82) is 5.26 Å². The lowest BCUT2D eigenvalue weighted by atomic mass is 10.1. The van der Waals surface area contributed by atoms with Gasteiger partial charge in [0.25, 0.3) is 11.8 Å². The SMILES string of the molecule is C=C(C#N)C(=O)NCCCC[C@H](NC(=O)[C@@H](C)NC(=O)c1cc(C)on1)C(=O)NCc1ccc(C)cc1. The van der Waals surface area contributed by atoms with E-state index in [-0.39, 0.29) is 30.3 Å². The Morgan fingerprint density at radius 3 is 2.38 bits per heavy atom. The van der Waals surface area contributed by atoms with Crippen molar-refractivity contribution in [2.24, 2.45) is 0 Å². The van der Waals surface area contributed by atoms with Crippen LogP contribution in [-0.2, 0) is 20.9 Å². The molecule has 4 N–H and O–H groups in total. The molecule has 2 aromatic rings. The van der Waals surface area contributed by atoms with E-state index in [1.165, 1.54) is 13.0 Å². The molecule has 0 fully saturated rings. The summed E-state index contributed by atoms with van der Waals surface area (Å²) in [6, 6.07) is 9.03. The van der Waals surface area contributed by atoms with Crippen LogP contribution in [0.5, 0.6) is 0 Å². The Kier molecular flexibility index (Phi) is 11.0. The predicted molar refractivity (Wildman–Crippen MR) is 135 cm³/mol.